The Hall–Kier alpha value is -0.115. The molecule has 0 heterocycles. The Balaban J connectivity index is 3.13. The van der Waals surface area contributed by atoms with E-state index in [9.17, 15) is 4.79 Å². The molecule has 1 atom stereocenters. The van der Waals surface area contributed by atoms with Crippen molar-refractivity contribution in [1.82, 2.24) is 0 Å². The molecule has 0 aromatic heterocycles. The Bertz CT molecular complexity index is 73.3. The van der Waals surface area contributed by atoms with Gasteiger partial charge in [-0.1, -0.05) is 0 Å². The Kier molecular flexibility index (Phi) is 2.91. The zero-order chi connectivity index (χ0) is 5.86. The first kappa shape index (κ1) is 6.88. The number of thiol groups is 1. The number of carboxylic acid groups (broad SMARTS) is 1. The third-order valence-corrected chi connectivity index (χ3v) is 0.566. The molecule has 0 aliphatic carbocycles. The van der Waals surface area contributed by atoms with Gasteiger partial charge >= 0.3 is 5.97 Å². The molecule has 0 aliphatic rings. The highest BCUT2D eigenvalue weighted by Gasteiger charge is 1.99. The lowest BCUT2D eigenvalue weighted by Gasteiger charge is -1.93. The summed E-state index contributed by atoms with van der Waals surface area (Å²) in [6.45, 7) is 0. The van der Waals surface area contributed by atoms with Gasteiger partial charge in [0.05, 0.1) is 7.85 Å². The SMILES string of the molecule is [B]C(S)CC(=O)O. The van der Waals surface area contributed by atoms with Crippen molar-refractivity contribution in [3.8, 4) is 0 Å². The van der Waals surface area contributed by atoms with E-state index in [1.54, 1.807) is 0 Å². The van der Waals surface area contributed by atoms with Crippen LogP contribution in [-0.4, -0.2) is 24.1 Å². The molecule has 1 unspecified atom stereocenters. The third kappa shape index (κ3) is 5.88. The summed E-state index contributed by atoms with van der Waals surface area (Å²) in [5.41, 5.74) is 0. The molecule has 0 amide bonds. The first-order chi connectivity index (χ1) is 3.13. The molecule has 0 spiro atoms. The predicted molar refractivity (Wildman–Crippen MR) is 30.8 cm³/mol. The lowest BCUT2D eigenvalue weighted by Crippen LogP contribution is -2.05. The Labute approximate surface area is 48.7 Å². The van der Waals surface area contributed by atoms with Crippen LogP contribution >= 0.6 is 12.6 Å². The molecule has 0 aliphatic heterocycles. The molecule has 0 bridgehead atoms. The van der Waals surface area contributed by atoms with E-state index in [0.717, 1.165) is 0 Å². The van der Waals surface area contributed by atoms with Gasteiger partial charge in [0, 0.05) is 6.42 Å². The second-order valence-electron chi connectivity index (χ2n) is 1.17. The fraction of sp³-hybridized carbons (Fsp3) is 0.667. The molecule has 7 heavy (non-hydrogen) atoms. The van der Waals surface area contributed by atoms with Gasteiger partial charge in [0.15, 0.2) is 0 Å². The number of rotatable bonds is 2. The number of carboxylic acids is 1. The van der Waals surface area contributed by atoms with E-state index in [4.69, 9.17) is 13.0 Å². The maximum atomic E-state index is 9.68. The number of hydrogen-bond acceptors (Lipinski definition) is 2. The average Bonchev–Trinajstić information content (AvgIpc) is 1.27. The van der Waals surface area contributed by atoms with E-state index in [0.29, 0.717) is 0 Å². The second-order valence-corrected chi connectivity index (χ2v) is 1.83. The molecule has 0 rings (SSSR count). The van der Waals surface area contributed by atoms with E-state index < -0.39 is 11.1 Å². The van der Waals surface area contributed by atoms with Crippen LogP contribution in [0.2, 0.25) is 0 Å². The van der Waals surface area contributed by atoms with Crippen LogP contribution < -0.4 is 0 Å². The zero-order valence-corrected chi connectivity index (χ0v) is 4.56. The quantitative estimate of drug-likeness (QED) is 0.390. The Morgan fingerprint density at radius 3 is 2.43 bits per heavy atom. The minimum atomic E-state index is -0.914. The molecule has 4 heteroatoms. The zero-order valence-electron chi connectivity index (χ0n) is 3.66. The lowest BCUT2D eigenvalue weighted by molar-refractivity contribution is -0.136. The summed E-state index contributed by atoms with van der Waals surface area (Å²) in [7, 11) is 4.98. The van der Waals surface area contributed by atoms with Gasteiger partial charge in [-0.15, -0.1) is 0 Å². The van der Waals surface area contributed by atoms with Crippen molar-refractivity contribution in [2.75, 3.05) is 0 Å². The second kappa shape index (κ2) is 2.96. The number of aliphatic carboxylic acids is 1. The van der Waals surface area contributed by atoms with E-state index in [-0.39, 0.29) is 6.42 Å². The predicted octanol–water partition coefficient (Wildman–Crippen LogP) is -0.115. The maximum Gasteiger partial charge on any atom is 0.303 e. The lowest BCUT2D eigenvalue weighted by atomic mass is 10.0. The largest absolute Gasteiger partial charge is 0.481 e. The van der Waals surface area contributed by atoms with Crippen molar-refractivity contribution in [3.63, 3.8) is 0 Å². The molecule has 0 saturated heterocycles. The van der Waals surface area contributed by atoms with Crippen LogP contribution in [0.1, 0.15) is 6.42 Å². The summed E-state index contributed by atoms with van der Waals surface area (Å²) in [5, 5.41) is 7.42. The minimum absolute atomic E-state index is 0.0802. The summed E-state index contributed by atoms with van der Waals surface area (Å²) in [5.74, 6) is -0.914. The van der Waals surface area contributed by atoms with Crippen molar-refractivity contribution in [2.24, 2.45) is 0 Å². The van der Waals surface area contributed by atoms with E-state index in [1.165, 1.54) is 0 Å². The molecule has 0 aromatic carbocycles. The molecule has 2 radical (unpaired) electrons. The van der Waals surface area contributed by atoms with E-state index >= 15 is 0 Å². The first-order valence-electron chi connectivity index (χ1n) is 1.78. The highest BCUT2D eigenvalue weighted by molar-refractivity contribution is 7.82. The first-order valence-corrected chi connectivity index (χ1v) is 2.30. The van der Waals surface area contributed by atoms with Crippen LogP contribution in [0.3, 0.4) is 0 Å². The topological polar surface area (TPSA) is 37.3 Å². The van der Waals surface area contributed by atoms with Gasteiger partial charge in [-0.05, 0) is 5.15 Å². The summed E-state index contributed by atoms with van der Waals surface area (Å²) in [6, 6.07) is 0. The van der Waals surface area contributed by atoms with Gasteiger partial charge in [-0.2, -0.15) is 12.6 Å². The minimum Gasteiger partial charge on any atom is -0.481 e. The van der Waals surface area contributed by atoms with E-state index in [2.05, 4.69) is 12.6 Å². The van der Waals surface area contributed by atoms with Gasteiger partial charge < -0.3 is 5.11 Å². The van der Waals surface area contributed by atoms with E-state index in [1.807, 2.05) is 0 Å². The maximum absolute atomic E-state index is 9.68. The summed E-state index contributed by atoms with van der Waals surface area (Å²) >= 11 is 3.63. The third-order valence-electron chi connectivity index (χ3n) is 0.384. The summed E-state index contributed by atoms with van der Waals surface area (Å²) < 4.78 is 0. The smallest absolute Gasteiger partial charge is 0.303 e. The fourth-order valence-electron chi connectivity index (χ4n) is 0.179. The fourth-order valence-corrected chi connectivity index (χ4v) is 0.335. The van der Waals surface area contributed by atoms with Crippen molar-refractivity contribution >= 4 is 26.4 Å². The molecule has 2 nitrogen and oxygen atoms in total. The van der Waals surface area contributed by atoms with Gasteiger partial charge in [-0.25, -0.2) is 0 Å². The van der Waals surface area contributed by atoms with Gasteiger partial charge in [0.25, 0.3) is 0 Å². The van der Waals surface area contributed by atoms with Crippen molar-refractivity contribution < 1.29 is 9.90 Å². The molecule has 0 aromatic rings. The van der Waals surface area contributed by atoms with Crippen LogP contribution in [0.15, 0.2) is 0 Å². The number of carbonyl (C=O) groups is 1. The number of hydrogen-bond donors (Lipinski definition) is 2. The summed E-state index contributed by atoms with van der Waals surface area (Å²) in [6.07, 6.45) is -0.0802. The Morgan fingerprint density at radius 2 is 2.43 bits per heavy atom. The monoisotopic (exact) mass is 116 g/mol. The van der Waals surface area contributed by atoms with Gasteiger partial charge in [0.1, 0.15) is 0 Å². The standard InChI is InChI=1S/C3H5BO2S/c4-2(7)1-3(5)6/h2,7H,1H2,(H,5,6). The molecule has 0 fully saturated rings. The molecule has 0 saturated carbocycles. The summed E-state index contributed by atoms with van der Waals surface area (Å²) in [4.78, 5) is 9.68. The van der Waals surface area contributed by atoms with Crippen LogP contribution in [-0.2, 0) is 4.79 Å². The highest BCUT2D eigenvalue weighted by Crippen LogP contribution is 1.92. The Morgan fingerprint density at radius 1 is 2.00 bits per heavy atom. The average molecular weight is 116 g/mol. The van der Waals surface area contributed by atoms with Gasteiger partial charge in [0.2, 0.25) is 0 Å². The molecular weight excluding hydrogens is 111 g/mol. The van der Waals surface area contributed by atoms with Crippen molar-refractivity contribution in [2.45, 2.75) is 11.6 Å². The molecule has 1 N–H and O–H groups in total. The van der Waals surface area contributed by atoms with Crippen LogP contribution in [0.25, 0.3) is 0 Å². The normalized spacial score (nSPS) is 13.3. The van der Waals surface area contributed by atoms with Crippen LogP contribution in [0.5, 0.6) is 0 Å². The van der Waals surface area contributed by atoms with Crippen molar-refractivity contribution in [1.29, 1.82) is 0 Å². The molecule has 38 valence electrons. The highest BCUT2D eigenvalue weighted by atomic mass is 32.1. The van der Waals surface area contributed by atoms with Crippen LogP contribution in [0.4, 0.5) is 0 Å². The van der Waals surface area contributed by atoms with Gasteiger partial charge in [-0.3, -0.25) is 4.79 Å². The van der Waals surface area contributed by atoms with Crippen molar-refractivity contribution in [3.05, 3.63) is 0 Å². The molecular formula is C3H5BO2S. The van der Waals surface area contributed by atoms with Crippen LogP contribution in [0, 0.1) is 0 Å².